The second-order valence-corrected chi connectivity index (χ2v) is 16.4. The number of hydrogen-bond acceptors (Lipinski definition) is 9. The van der Waals surface area contributed by atoms with Crippen molar-refractivity contribution in [2.45, 2.75) is 79.9 Å². The molecule has 0 N–H and O–H groups in total. The summed E-state index contributed by atoms with van der Waals surface area (Å²) in [6.07, 6.45) is 0. The van der Waals surface area contributed by atoms with Gasteiger partial charge in [-0.25, -0.2) is 9.59 Å². The van der Waals surface area contributed by atoms with Gasteiger partial charge in [0.15, 0.2) is 13.2 Å². The second-order valence-electron chi connectivity index (χ2n) is 12.0. The first-order chi connectivity index (χ1) is 21.1. The average Bonchev–Trinajstić information content (AvgIpc) is 2.92. The van der Waals surface area contributed by atoms with E-state index in [1.807, 2.05) is 0 Å². The summed E-state index contributed by atoms with van der Waals surface area (Å²) in [7, 11) is -9.81. The van der Waals surface area contributed by atoms with Crippen molar-refractivity contribution in [3.8, 4) is 11.5 Å². The molecule has 0 spiro atoms. The van der Waals surface area contributed by atoms with Gasteiger partial charge in [-0.1, -0.05) is 18.2 Å². The summed E-state index contributed by atoms with van der Waals surface area (Å²) in [5, 5.41) is 0. The Balaban J connectivity index is 2.12. The molecule has 0 aliphatic carbocycles. The van der Waals surface area contributed by atoms with Crippen LogP contribution in [0.1, 0.15) is 47.1 Å². The molecule has 0 saturated carbocycles. The number of rotatable bonds is 11. The Hall–Kier alpha value is -3.75. The molecular weight excluding hydrogens is 649 g/mol. The smallest absolute Gasteiger partial charge is 0.482 e. The Morgan fingerprint density at radius 1 is 0.652 bits per heavy atom. The van der Waals surface area contributed by atoms with Crippen molar-refractivity contribution in [1.29, 1.82) is 0 Å². The molecule has 3 aromatic rings. The molecule has 3 rings (SSSR count). The number of aryl methyl sites for hydroxylation is 1. The molecule has 0 fully saturated rings. The zero-order chi connectivity index (χ0) is 34.6. The molecule has 0 aliphatic rings. The highest BCUT2D eigenvalue weighted by atomic mass is 32.3. The standard InChI is InChI=1S/C32H37F3O9S2/c1-22-10-8-9-11-27(22)45(44-46(38,39)32(33,34)35,25-16-12-23(13-17-25)40-20-28(36)42-30(2,3)4)26-18-14-24(15-19-26)41-21-29(37)43-31(5,6)7/h8-19H,20-21H2,1-7H3. The molecule has 0 unspecified atom stereocenters. The summed E-state index contributed by atoms with van der Waals surface area (Å²) in [6, 6.07) is 17.4. The Kier molecular flexibility index (Phi) is 11.1. The fraction of sp³-hybridized carbons (Fsp3) is 0.375. The van der Waals surface area contributed by atoms with E-state index in [-0.39, 0.29) is 26.2 Å². The van der Waals surface area contributed by atoms with Gasteiger partial charge in [0.25, 0.3) is 0 Å². The van der Waals surface area contributed by atoms with E-state index in [1.165, 1.54) is 54.6 Å². The SMILES string of the molecule is Cc1ccccc1S(OS(=O)(=O)C(F)(F)F)(c1ccc(OCC(=O)OC(C)(C)C)cc1)c1ccc(OCC(=O)OC(C)(C)C)cc1. The third-order valence-electron chi connectivity index (χ3n) is 5.74. The van der Waals surface area contributed by atoms with E-state index in [0.29, 0.717) is 5.56 Å². The maximum atomic E-state index is 13.9. The number of alkyl halides is 3. The molecule has 0 aliphatic heterocycles. The minimum atomic E-state index is -6.16. The molecule has 0 bridgehead atoms. The number of hydrogen-bond donors (Lipinski definition) is 0. The number of halogens is 3. The first-order valence-electron chi connectivity index (χ1n) is 13.9. The van der Waals surface area contributed by atoms with Crippen molar-refractivity contribution in [2.75, 3.05) is 13.2 Å². The van der Waals surface area contributed by atoms with Gasteiger partial charge in [0.2, 0.25) is 0 Å². The first-order valence-corrected chi connectivity index (χ1v) is 16.9. The maximum absolute atomic E-state index is 13.9. The van der Waals surface area contributed by atoms with Gasteiger partial charge in [-0.05, 0) is 119 Å². The fourth-order valence-corrected chi connectivity index (χ4v) is 8.95. The molecule has 0 radical (unpaired) electrons. The number of esters is 2. The van der Waals surface area contributed by atoms with Crippen LogP contribution in [0.3, 0.4) is 0 Å². The van der Waals surface area contributed by atoms with E-state index < -0.39 is 62.3 Å². The lowest BCUT2D eigenvalue weighted by Crippen LogP contribution is -2.28. The van der Waals surface area contributed by atoms with Crippen LogP contribution in [0.5, 0.6) is 11.5 Å². The van der Waals surface area contributed by atoms with E-state index >= 15 is 0 Å². The number of ether oxygens (including phenoxy) is 4. The van der Waals surface area contributed by atoms with Crippen molar-refractivity contribution >= 4 is 32.4 Å². The number of carbonyl (C=O) groups excluding carboxylic acids is 2. The van der Waals surface area contributed by atoms with Gasteiger partial charge in [-0.2, -0.15) is 25.2 Å². The molecular formula is C32H37F3O9S2. The van der Waals surface area contributed by atoms with E-state index in [9.17, 15) is 31.2 Å². The van der Waals surface area contributed by atoms with Crippen molar-refractivity contribution in [3.05, 3.63) is 78.4 Å². The minimum Gasteiger partial charge on any atom is -0.482 e. The molecule has 252 valence electrons. The van der Waals surface area contributed by atoms with Crippen LogP contribution in [0, 0.1) is 6.92 Å². The predicted octanol–water partition coefficient (Wildman–Crippen LogP) is 7.50. The highest BCUT2D eigenvalue weighted by molar-refractivity contribution is 8.33. The van der Waals surface area contributed by atoms with Crippen LogP contribution < -0.4 is 9.47 Å². The Bertz CT molecular complexity index is 1550. The minimum absolute atomic E-state index is 0.0849. The van der Waals surface area contributed by atoms with Crippen LogP contribution in [0.2, 0.25) is 0 Å². The maximum Gasteiger partial charge on any atom is 0.524 e. The van der Waals surface area contributed by atoms with Crippen molar-refractivity contribution in [3.63, 3.8) is 0 Å². The Morgan fingerprint density at radius 3 is 1.39 bits per heavy atom. The van der Waals surface area contributed by atoms with Gasteiger partial charge in [0.1, 0.15) is 22.7 Å². The lowest BCUT2D eigenvalue weighted by molar-refractivity contribution is -0.158. The Labute approximate surface area is 268 Å². The largest absolute Gasteiger partial charge is 0.524 e. The highest BCUT2D eigenvalue weighted by Gasteiger charge is 2.52. The summed E-state index contributed by atoms with van der Waals surface area (Å²) in [4.78, 5) is 24.6. The van der Waals surface area contributed by atoms with Gasteiger partial charge >= 0.3 is 27.6 Å². The third-order valence-corrected chi connectivity index (χ3v) is 10.8. The van der Waals surface area contributed by atoms with Gasteiger partial charge in [-0.15, -0.1) is 0 Å². The van der Waals surface area contributed by atoms with Gasteiger partial charge in [0.05, 0.1) is 0 Å². The fourth-order valence-electron chi connectivity index (χ4n) is 4.04. The van der Waals surface area contributed by atoms with Gasteiger partial charge < -0.3 is 18.9 Å². The van der Waals surface area contributed by atoms with Crippen LogP contribution in [0.25, 0.3) is 0 Å². The monoisotopic (exact) mass is 686 g/mol. The van der Waals surface area contributed by atoms with Crippen molar-refractivity contribution in [2.24, 2.45) is 0 Å². The molecule has 9 nitrogen and oxygen atoms in total. The Morgan fingerprint density at radius 2 is 1.04 bits per heavy atom. The highest BCUT2D eigenvalue weighted by Crippen LogP contribution is 2.71. The van der Waals surface area contributed by atoms with Crippen LogP contribution in [0.4, 0.5) is 13.2 Å². The van der Waals surface area contributed by atoms with Crippen LogP contribution in [-0.4, -0.2) is 50.3 Å². The molecule has 0 heterocycles. The van der Waals surface area contributed by atoms with Crippen molar-refractivity contribution < 1.29 is 53.8 Å². The van der Waals surface area contributed by atoms with E-state index in [4.69, 9.17) is 22.6 Å². The summed E-state index contributed by atoms with van der Waals surface area (Å²) in [5.74, 6) is -0.912. The van der Waals surface area contributed by atoms with Crippen molar-refractivity contribution in [1.82, 2.24) is 0 Å². The zero-order valence-electron chi connectivity index (χ0n) is 26.5. The number of carbonyl (C=O) groups is 2. The molecule has 3 aromatic carbocycles. The zero-order valence-corrected chi connectivity index (χ0v) is 28.1. The molecule has 0 aromatic heterocycles. The molecule has 46 heavy (non-hydrogen) atoms. The lowest BCUT2D eigenvalue weighted by Gasteiger charge is -2.40. The molecule has 0 amide bonds. The molecule has 0 atom stereocenters. The van der Waals surface area contributed by atoms with Crippen LogP contribution >= 0.6 is 10.3 Å². The molecule has 14 heteroatoms. The summed E-state index contributed by atoms with van der Waals surface area (Å²) in [5.41, 5.74) is -6.75. The second kappa shape index (κ2) is 13.9. The quantitative estimate of drug-likeness (QED) is 0.149. The van der Waals surface area contributed by atoms with E-state index in [0.717, 1.165) is 0 Å². The molecule has 0 saturated heterocycles. The summed E-state index contributed by atoms with van der Waals surface area (Å²) < 4.78 is 93.9. The third kappa shape index (κ3) is 9.63. The summed E-state index contributed by atoms with van der Waals surface area (Å²) >= 11 is 0. The normalized spacial score (nSPS) is 13.1. The van der Waals surface area contributed by atoms with E-state index in [1.54, 1.807) is 66.7 Å². The van der Waals surface area contributed by atoms with E-state index in [2.05, 4.69) is 0 Å². The predicted molar refractivity (Wildman–Crippen MR) is 165 cm³/mol. The lowest BCUT2D eigenvalue weighted by atomic mass is 10.2. The van der Waals surface area contributed by atoms with Crippen LogP contribution in [0.15, 0.2) is 87.5 Å². The topological polar surface area (TPSA) is 114 Å². The van der Waals surface area contributed by atoms with Gasteiger partial charge in [-0.3, -0.25) is 0 Å². The average molecular weight is 687 g/mol. The van der Waals surface area contributed by atoms with Gasteiger partial charge in [0, 0.05) is 14.7 Å². The summed E-state index contributed by atoms with van der Waals surface area (Å²) in [6.45, 7) is 10.9. The number of benzene rings is 3. The first kappa shape index (κ1) is 36.7. The van der Waals surface area contributed by atoms with Crippen LogP contribution in [-0.2, 0) is 32.8 Å².